The number of hydrogen-bond donors (Lipinski definition) is 0. The molecule has 0 radical (unpaired) electrons. The van der Waals surface area contributed by atoms with Gasteiger partial charge in [-0.25, -0.2) is 0 Å². The number of likely N-dealkylation sites (tertiary alicyclic amines) is 1. The van der Waals surface area contributed by atoms with Crippen LogP contribution in [0.2, 0.25) is 0 Å². The molecule has 0 N–H and O–H groups in total. The molecule has 0 atom stereocenters. The predicted molar refractivity (Wildman–Crippen MR) is 58.6 cm³/mol. The van der Waals surface area contributed by atoms with E-state index in [-0.39, 0.29) is 5.56 Å². The zero-order valence-electron chi connectivity index (χ0n) is 9.14. The zero-order chi connectivity index (χ0) is 11.3. The number of aryl methyl sites for hydroxylation is 1. The van der Waals surface area contributed by atoms with Gasteiger partial charge in [-0.2, -0.15) is 0 Å². The average Bonchev–Trinajstić information content (AvgIpc) is 2.57. The van der Waals surface area contributed by atoms with Crippen molar-refractivity contribution in [2.75, 3.05) is 13.6 Å². The maximum absolute atomic E-state index is 10.6. The highest BCUT2D eigenvalue weighted by molar-refractivity contribution is 5.77. The first-order valence-electron chi connectivity index (χ1n) is 4.97. The van der Waals surface area contributed by atoms with Crippen molar-refractivity contribution in [3.63, 3.8) is 0 Å². The number of pyridine rings is 1. The van der Waals surface area contributed by atoms with E-state index in [4.69, 9.17) is 0 Å². The number of aromatic nitrogens is 1. The molecule has 0 bridgehead atoms. The number of carbonyl (C=O) groups excluding carboxylic acids is 1. The highest BCUT2D eigenvalue weighted by Gasteiger charge is 2.14. The van der Waals surface area contributed by atoms with Gasteiger partial charge in [0.1, 0.15) is 0 Å². The van der Waals surface area contributed by atoms with E-state index in [1.807, 2.05) is 13.1 Å². The third kappa shape index (κ3) is 3.58. The molecule has 82 valence electrons. The van der Waals surface area contributed by atoms with E-state index in [1.54, 1.807) is 24.2 Å². The summed E-state index contributed by atoms with van der Waals surface area (Å²) in [6, 6.07) is 5.07. The Labute approximate surface area is 89.1 Å². The van der Waals surface area contributed by atoms with Gasteiger partial charge < -0.3 is 9.47 Å². The van der Waals surface area contributed by atoms with Gasteiger partial charge in [-0.3, -0.25) is 9.59 Å². The van der Waals surface area contributed by atoms with Crippen LogP contribution in [-0.2, 0) is 11.8 Å². The lowest BCUT2D eigenvalue weighted by molar-refractivity contribution is -0.126. The Bertz CT molecular complexity index is 384. The van der Waals surface area contributed by atoms with E-state index in [0.29, 0.717) is 5.91 Å². The molecule has 2 heterocycles. The number of carbonyl (C=O) groups is 1. The minimum atomic E-state index is 0.0347. The summed E-state index contributed by atoms with van der Waals surface area (Å²) < 4.78 is 1.53. The van der Waals surface area contributed by atoms with Crippen LogP contribution in [-0.4, -0.2) is 29.0 Å². The molecule has 0 aliphatic carbocycles. The average molecular weight is 208 g/mol. The Morgan fingerprint density at radius 3 is 2.20 bits per heavy atom. The van der Waals surface area contributed by atoms with Gasteiger partial charge in [0.2, 0.25) is 11.5 Å². The molecule has 4 heteroatoms. The zero-order valence-corrected chi connectivity index (χ0v) is 9.14. The Hall–Kier alpha value is -1.58. The molecule has 0 spiro atoms. The Morgan fingerprint density at radius 2 is 1.93 bits per heavy atom. The van der Waals surface area contributed by atoms with Crippen LogP contribution in [0.4, 0.5) is 0 Å². The smallest absolute Gasteiger partial charge is 0.250 e. The number of nitrogens with zero attached hydrogens (tertiary/aromatic N) is 2. The fourth-order valence-electron chi connectivity index (χ4n) is 1.29. The molecule has 2 rings (SSSR count). The van der Waals surface area contributed by atoms with Crippen LogP contribution in [0.25, 0.3) is 0 Å². The van der Waals surface area contributed by atoms with Crippen molar-refractivity contribution < 1.29 is 4.79 Å². The third-order valence-corrected chi connectivity index (χ3v) is 2.32. The van der Waals surface area contributed by atoms with Crippen molar-refractivity contribution in [2.24, 2.45) is 7.05 Å². The molecule has 1 aliphatic heterocycles. The number of amides is 1. The van der Waals surface area contributed by atoms with Crippen molar-refractivity contribution >= 4 is 5.91 Å². The standard InChI is InChI=1S/C6H7NO.C5H9NO/c1-7-5-3-2-4-6(7)8;1-6-4-2-3-5(6)7/h2-5H,1H3;2-4H2,1H3. The Balaban J connectivity index is 0.000000151. The highest BCUT2D eigenvalue weighted by atomic mass is 16.2. The first-order valence-corrected chi connectivity index (χ1v) is 4.97. The van der Waals surface area contributed by atoms with Crippen LogP contribution in [0.5, 0.6) is 0 Å². The van der Waals surface area contributed by atoms with Gasteiger partial charge in [-0.1, -0.05) is 6.07 Å². The second-order valence-corrected chi connectivity index (χ2v) is 3.57. The number of rotatable bonds is 0. The van der Waals surface area contributed by atoms with Crippen LogP contribution in [0, 0.1) is 0 Å². The molecular formula is C11H16N2O2. The lowest BCUT2D eigenvalue weighted by Gasteiger charge is -2.03. The van der Waals surface area contributed by atoms with Gasteiger partial charge in [0.05, 0.1) is 0 Å². The predicted octanol–water partition coefficient (Wildman–Crippen LogP) is 0.624. The van der Waals surface area contributed by atoms with Crippen molar-refractivity contribution in [1.29, 1.82) is 0 Å². The maximum atomic E-state index is 10.6. The fraction of sp³-hybridized carbons (Fsp3) is 0.455. The molecule has 15 heavy (non-hydrogen) atoms. The van der Waals surface area contributed by atoms with Crippen molar-refractivity contribution in [2.45, 2.75) is 12.8 Å². The molecule has 1 saturated heterocycles. The van der Waals surface area contributed by atoms with E-state index in [1.165, 1.54) is 10.6 Å². The van der Waals surface area contributed by atoms with Gasteiger partial charge in [0, 0.05) is 39.3 Å². The molecule has 1 fully saturated rings. The van der Waals surface area contributed by atoms with Crippen LogP contribution in [0.1, 0.15) is 12.8 Å². The summed E-state index contributed by atoms with van der Waals surface area (Å²) in [4.78, 5) is 22.8. The molecule has 0 saturated carbocycles. The second kappa shape index (κ2) is 5.34. The van der Waals surface area contributed by atoms with Crippen molar-refractivity contribution in [3.8, 4) is 0 Å². The molecular weight excluding hydrogens is 192 g/mol. The summed E-state index contributed by atoms with van der Waals surface area (Å²) in [6.07, 6.45) is 3.54. The topological polar surface area (TPSA) is 42.3 Å². The Kier molecular flexibility index (Phi) is 4.09. The molecule has 1 aromatic rings. The molecule has 4 nitrogen and oxygen atoms in total. The minimum Gasteiger partial charge on any atom is -0.346 e. The summed E-state index contributed by atoms with van der Waals surface area (Å²) in [6.45, 7) is 0.957. The summed E-state index contributed by atoms with van der Waals surface area (Å²) in [5.41, 5.74) is 0.0347. The van der Waals surface area contributed by atoms with Crippen LogP contribution in [0.15, 0.2) is 29.2 Å². The summed E-state index contributed by atoms with van der Waals surface area (Å²) in [7, 11) is 3.57. The van der Waals surface area contributed by atoms with Crippen LogP contribution >= 0.6 is 0 Å². The van der Waals surface area contributed by atoms with Gasteiger partial charge >= 0.3 is 0 Å². The normalized spacial score (nSPS) is 14.8. The van der Waals surface area contributed by atoms with Gasteiger partial charge in [0.25, 0.3) is 0 Å². The monoisotopic (exact) mass is 208 g/mol. The maximum Gasteiger partial charge on any atom is 0.250 e. The first kappa shape index (κ1) is 11.5. The van der Waals surface area contributed by atoms with Gasteiger partial charge in [-0.05, 0) is 12.5 Å². The third-order valence-electron chi connectivity index (χ3n) is 2.32. The van der Waals surface area contributed by atoms with E-state index in [0.717, 1.165) is 19.4 Å². The van der Waals surface area contributed by atoms with Crippen LogP contribution in [0.3, 0.4) is 0 Å². The SMILES string of the molecule is CN1CCCC1=O.Cn1ccccc1=O. The lowest BCUT2D eigenvalue weighted by Crippen LogP contribution is -2.17. The Morgan fingerprint density at radius 1 is 1.20 bits per heavy atom. The van der Waals surface area contributed by atoms with Gasteiger partial charge in [-0.15, -0.1) is 0 Å². The van der Waals surface area contributed by atoms with E-state index in [9.17, 15) is 9.59 Å². The van der Waals surface area contributed by atoms with Crippen molar-refractivity contribution in [3.05, 3.63) is 34.7 Å². The summed E-state index contributed by atoms with van der Waals surface area (Å²) in [5, 5.41) is 0. The summed E-state index contributed by atoms with van der Waals surface area (Å²) in [5.74, 6) is 0.292. The van der Waals surface area contributed by atoms with E-state index < -0.39 is 0 Å². The molecule has 0 unspecified atom stereocenters. The largest absolute Gasteiger partial charge is 0.346 e. The minimum absolute atomic E-state index is 0.0347. The fourth-order valence-corrected chi connectivity index (χ4v) is 1.29. The molecule has 1 aliphatic rings. The number of hydrogen-bond acceptors (Lipinski definition) is 2. The second-order valence-electron chi connectivity index (χ2n) is 3.57. The van der Waals surface area contributed by atoms with Gasteiger partial charge in [0.15, 0.2) is 0 Å². The quantitative estimate of drug-likeness (QED) is 0.627. The summed E-state index contributed by atoms with van der Waals surface area (Å²) >= 11 is 0. The molecule has 1 amide bonds. The highest BCUT2D eigenvalue weighted by Crippen LogP contribution is 2.04. The molecule has 0 aromatic carbocycles. The van der Waals surface area contributed by atoms with E-state index in [2.05, 4.69) is 0 Å². The first-order chi connectivity index (χ1) is 7.11. The van der Waals surface area contributed by atoms with Crippen LogP contribution < -0.4 is 5.56 Å². The molecule has 1 aromatic heterocycles. The van der Waals surface area contributed by atoms with E-state index >= 15 is 0 Å². The van der Waals surface area contributed by atoms with Crippen molar-refractivity contribution in [1.82, 2.24) is 9.47 Å². The lowest BCUT2D eigenvalue weighted by atomic mass is 10.4.